The van der Waals surface area contributed by atoms with Gasteiger partial charge in [-0.05, 0) is 42.9 Å². The molecule has 0 bridgehead atoms. The molecular weight excluding hydrogens is 328 g/mol. The Morgan fingerprint density at radius 3 is 2.31 bits per heavy atom. The Balaban J connectivity index is 1.65. The number of amides is 1. The van der Waals surface area contributed by atoms with E-state index in [-0.39, 0.29) is 11.5 Å². The summed E-state index contributed by atoms with van der Waals surface area (Å²) in [4.78, 5) is 15.9. The van der Waals surface area contributed by atoms with E-state index < -0.39 is 0 Å². The fourth-order valence-corrected chi connectivity index (χ4v) is 3.05. The molecule has 1 aliphatic rings. The predicted molar refractivity (Wildman–Crippen MR) is 105 cm³/mol. The molecule has 0 radical (unpaired) electrons. The average Bonchev–Trinajstić information content (AvgIpc) is 2.66. The van der Waals surface area contributed by atoms with Gasteiger partial charge in [-0.3, -0.25) is 4.90 Å². The van der Waals surface area contributed by atoms with Gasteiger partial charge in [0, 0.05) is 32.7 Å². The third-order valence-corrected chi connectivity index (χ3v) is 5.31. The molecule has 0 unspecified atom stereocenters. The third-order valence-electron chi connectivity index (χ3n) is 5.31. The highest BCUT2D eigenvalue weighted by Gasteiger charge is 2.21. The standard InChI is InChI=1S/C21H34N2O3/c1-5-21(3,4)18-8-10-19(11-9-18)26-17-7-12-22-13-15-23(16-14-22)20(24)25-6-2/h8-11H,5-7,12-17H2,1-4H3. The van der Waals surface area contributed by atoms with Crippen LogP contribution in [0.1, 0.15) is 46.1 Å². The summed E-state index contributed by atoms with van der Waals surface area (Å²) in [5.41, 5.74) is 1.57. The molecule has 1 heterocycles. The Labute approximate surface area is 158 Å². The van der Waals surface area contributed by atoms with Crippen molar-refractivity contribution in [3.05, 3.63) is 29.8 Å². The van der Waals surface area contributed by atoms with Crippen LogP contribution in [0, 0.1) is 0 Å². The topological polar surface area (TPSA) is 42.0 Å². The summed E-state index contributed by atoms with van der Waals surface area (Å²) >= 11 is 0. The van der Waals surface area contributed by atoms with Crippen LogP contribution >= 0.6 is 0 Å². The number of benzene rings is 1. The summed E-state index contributed by atoms with van der Waals surface area (Å²) in [7, 11) is 0. The molecule has 1 saturated heterocycles. The molecule has 0 aliphatic carbocycles. The van der Waals surface area contributed by atoms with Gasteiger partial charge < -0.3 is 14.4 Å². The number of carbonyl (C=O) groups is 1. The largest absolute Gasteiger partial charge is 0.494 e. The highest BCUT2D eigenvalue weighted by molar-refractivity contribution is 5.67. The molecule has 0 spiro atoms. The lowest BCUT2D eigenvalue weighted by molar-refractivity contribution is 0.0782. The van der Waals surface area contributed by atoms with Gasteiger partial charge >= 0.3 is 6.09 Å². The smallest absolute Gasteiger partial charge is 0.409 e. The van der Waals surface area contributed by atoms with Gasteiger partial charge in [0.15, 0.2) is 0 Å². The Bertz CT molecular complexity index is 549. The van der Waals surface area contributed by atoms with Crippen molar-refractivity contribution in [1.82, 2.24) is 9.80 Å². The molecule has 0 N–H and O–H groups in total. The van der Waals surface area contributed by atoms with E-state index in [4.69, 9.17) is 9.47 Å². The number of rotatable bonds is 8. The molecule has 5 nitrogen and oxygen atoms in total. The summed E-state index contributed by atoms with van der Waals surface area (Å²) in [5.74, 6) is 0.938. The second kappa shape index (κ2) is 9.81. The number of hydrogen-bond acceptors (Lipinski definition) is 4. The molecule has 1 amide bonds. The Morgan fingerprint density at radius 1 is 1.08 bits per heavy atom. The van der Waals surface area contributed by atoms with Crippen molar-refractivity contribution < 1.29 is 14.3 Å². The van der Waals surface area contributed by atoms with Gasteiger partial charge in [-0.2, -0.15) is 0 Å². The summed E-state index contributed by atoms with van der Waals surface area (Å²) in [6.45, 7) is 14.0. The monoisotopic (exact) mass is 362 g/mol. The molecule has 1 fully saturated rings. The minimum absolute atomic E-state index is 0.190. The number of piperazine rings is 1. The van der Waals surface area contributed by atoms with Gasteiger partial charge in [0.05, 0.1) is 13.2 Å². The fourth-order valence-electron chi connectivity index (χ4n) is 3.05. The maximum atomic E-state index is 11.7. The zero-order valence-electron chi connectivity index (χ0n) is 16.8. The van der Waals surface area contributed by atoms with Crippen molar-refractivity contribution in [2.45, 2.75) is 46.0 Å². The van der Waals surface area contributed by atoms with E-state index in [9.17, 15) is 4.79 Å². The lowest BCUT2D eigenvalue weighted by Crippen LogP contribution is -2.49. The minimum atomic E-state index is -0.190. The lowest BCUT2D eigenvalue weighted by Gasteiger charge is -2.33. The van der Waals surface area contributed by atoms with E-state index >= 15 is 0 Å². The van der Waals surface area contributed by atoms with E-state index in [1.165, 1.54) is 5.56 Å². The van der Waals surface area contributed by atoms with E-state index in [1.54, 1.807) is 4.90 Å². The van der Waals surface area contributed by atoms with Crippen LogP contribution in [0.15, 0.2) is 24.3 Å². The van der Waals surface area contributed by atoms with Crippen LogP contribution in [0.2, 0.25) is 0 Å². The van der Waals surface area contributed by atoms with Gasteiger partial charge in [0.1, 0.15) is 5.75 Å². The zero-order valence-corrected chi connectivity index (χ0v) is 16.8. The molecule has 26 heavy (non-hydrogen) atoms. The summed E-state index contributed by atoms with van der Waals surface area (Å²) in [6, 6.07) is 8.50. The Morgan fingerprint density at radius 2 is 1.73 bits per heavy atom. The van der Waals surface area contributed by atoms with E-state index in [0.29, 0.717) is 13.2 Å². The fraction of sp³-hybridized carbons (Fsp3) is 0.667. The molecule has 5 heteroatoms. The normalized spacial score (nSPS) is 15.8. The predicted octanol–water partition coefficient (Wildman–Crippen LogP) is 3.92. The van der Waals surface area contributed by atoms with Crippen molar-refractivity contribution in [1.29, 1.82) is 0 Å². The van der Waals surface area contributed by atoms with Crippen molar-refractivity contribution in [3.63, 3.8) is 0 Å². The molecule has 0 saturated carbocycles. The first-order chi connectivity index (χ1) is 12.5. The lowest BCUT2D eigenvalue weighted by atomic mass is 9.82. The quantitative estimate of drug-likeness (QED) is 0.658. The number of hydrogen-bond donors (Lipinski definition) is 0. The number of ether oxygens (including phenoxy) is 2. The summed E-state index contributed by atoms with van der Waals surface area (Å²) < 4.78 is 10.9. The highest BCUT2D eigenvalue weighted by Crippen LogP contribution is 2.28. The maximum Gasteiger partial charge on any atom is 0.409 e. The average molecular weight is 363 g/mol. The summed E-state index contributed by atoms with van der Waals surface area (Å²) in [6.07, 6.45) is 1.92. The van der Waals surface area contributed by atoms with Crippen LogP contribution in [-0.4, -0.2) is 61.8 Å². The van der Waals surface area contributed by atoms with Gasteiger partial charge in [0.25, 0.3) is 0 Å². The van der Waals surface area contributed by atoms with Crippen molar-refractivity contribution in [3.8, 4) is 5.75 Å². The molecule has 0 aromatic heterocycles. The van der Waals surface area contributed by atoms with Crippen LogP contribution < -0.4 is 4.74 Å². The van der Waals surface area contributed by atoms with Crippen LogP contribution in [0.25, 0.3) is 0 Å². The van der Waals surface area contributed by atoms with Gasteiger partial charge in [-0.15, -0.1) is 0 Å². The van der Waals surface area contributed by atoms with Crippen LogP contribution in [0.3, 0.4) is 0 Å². The summed E-state index contributed by atoms with van der Waals surface area (Å²) in [5, 5.41) is 0. The molecule has 1 aromatic carbocycles. The number of nitrogens with zero attached hydrogens (tertiary/aromatic N) is 2. The maximum absolute atomic E-state index is 11.7. The molecular formula is C21H34N2O3. The van der Waals surface area contributed by atoms with Crippen molar-refractivity contribution >= 4 is 6.09 Å². The van der Waals surface area contributed by atoms with Gasteiger partial charge in [-0.25, -0.2) is 4.79 Å². The Hall–Kier alpha value is -1.75. The molecule has 0 atom stereocenters. The molecule has 2 rings (SSSR count). The van der Waals surface area contributed by atoms with Crippen molar-refractivity contribution in [2.75, 3.05) is 45.9 Å². The van der Waals surface area contributed by atoms with Gasteiger partial charge in [-0.1, -0.05) is 32.9 Å². The second-order valence-electron chi connectivity index (χ2n) is 7.49. The third kappa shape index (κ3) is 5.90. The molecule has 1 aromatic rings. The van der Waals surface area contributed by atoms with Crippen LogP contribution in [0.4, 0.5) is 4.79 Å². The van der Waals surface area contributed by atoms with E-state index in [0.717, 1.165) is 51.3 Å². The van der Waals surface area contributed by atoms with Crippen LogP contribution in [-0.2, 0) is 10.2 Å². The van der Waals surface area contributed by atoms with E-state index in [2.05, 4.69) is 49.9 Å². The first kappa shape index (κ1) is 20.6. The zero-order chi connectivity index (χ0) is 19.0. The van der Waals surface area contributed by atoms with E-state index in [1.807, 2.05) is 6.92 Å². The highest BCUT2D eigenvalue weighted by atomic mass is 16.6. The first-order valence-electron chi connectivity index (χ1n) is 9.83. The second-order valence-corrected chi connectivity index (χ2v) is 7.49. The Kier molecular flexibility index (Phi) is 7.76. The van der Waals surface area contributed by atoms with Crippen molar-refractivity contribution in [2.24, 2.45) is 0 Å². The molecule has 1 aliphatic heterocycles. The number of carbonyl (C=O) groups excluding carboxylic acids is 1. The first-order valence-corrected chi connectivity index (χ1v) is 9.83. The minimum Gasteiger partial charge on any atom is -0.494 e. The SMILES string of the molecule is CCOC(=O)N1CCN(CCCOc2ccc(C(C)(C)CC)cc2)CC1. The van der Waals surface area contributed by atoms with Crippen LogP contribution in [0.5, 0.6) is 5.75 Å². The molecule has 146 valence electrons. The van der Waals surface area contributed by atoms with Gasteiger partial charge in [0.2, 0.25) is 0 Å².